The zero-order chi connectivity index (χ0) is 13.4. The molecular formula is C16H27NO. The van der Waals surface area contributed by atoms with Crippen LogP contribution in [0.3, 0.4) is 0 Å². The highest BCUT2D eigenvalue weighted by atomic mass is 16.3. The van der Waals surface area contributed by atoms with E-state index in [1.165, 1.54) is 11.1 Å². The fraction of sp³-hybridized carbons (Fsp3) is 0.625. The van der Waals surface area contributed by atoms with Crippen LogP contribution in [0.2, 0.25) is 0 Å². The summed E-state index contributed by atoms with van der Waals surface area (Å²) in [5.41, 5.74) is 2.76. The van der Waals surface area contributed by atoms with Gasteiger partial charge in [-0.2, -0.15) is 0 Å². The molecule has 0 saturated carbocycles. The van der Waals surface area contributed by atoms with Crippen molar-refractivity contribution in [2.45, 2.75) is 46.1 Å². The molecule has 0 aliphatic heterocycles. The number of rotatable bonds is 8. The summed E-state index contributed by atoms with van der Waals surface area (Å²) < 4.78 is 0. The van der Waals surface area contributed by atoms with Gasteiger partial charge in [0.25, 0.3) is 0 Å². The first-order valence-corrected chi connectivity index (χ1v) is 7.01. The van der Waals surface area contributed by atoms with Crippen molar-refractivity contribution in [1.82, 2.24) is 5.32 Å². The van der Waals surface area contributed by atoms with Crippen LogP contribution in [-0.2, 0) is 6.42 Å². The van der Waals surface area contributed by atoms with E-state index in [0.717, 1.165) is 25.8 Å². The van der Waals surface area contributed by atoms with E-state index >= 15 is 0 Å². The molecule has 2 N–H and O–H groups in total. The summed E-state index contributed by atoms with van der Waals surface area (Å²) in [5.74, 6) is 0.552. The SMILES string of the molecule is Cc1cccc(CCC(C)NCC(C)CCO)c1. The second-order valence-corrected chi connectivity index (χ2v) is 5.45. The molecule has 2 nitrogen and oxygen atoms in total. The molecule has 0 spiro atoms. The van der Waals surface area contributed by atoms with Gasteiger partial charge >= 0.3 is 0 Å². The lowest BCUT2D eigenvalue weighted by atomic mass is 10.0. The molecule has 102 valence electrons. The minimum atomic E-state index is 0.292. The van der Waals surface area contributed by atoms with Crippen molar-refractivity contribution in [1.29, 1.82) is 0 Å². The maximum Gasteiger partial charge on any atom is 0.0434 e. The van der Waals surface area contributed by atoms with Gasteiger partial charge in [0.05, 0.1) is 0 Å². The molecule has 2 atom stereocenters. The third-order valence-corrected chi connectivity index (χ3v) is 3.39. The Kier molecular flexibility index (Phi) is 6.99. The van der Waals surface area contributed by atoms with Gasteiger partial charge in [0.2, 0.25) is 0 Å². The summed E-state index contributed by atoms with van der Waals surface area (Å²) >= 11 is 0. The second kappa shape index (κ2) is 8.28. The van der Waals surface area contributed by atoms with Crippen LogP contribution in [-0.4, -0.2) is 24.3 Å². The Labute approximate surface area is 111 Å². The molecule has 0 radical (unpaired) electrons. The summed E-state index contributed by atoms with van der Waals surface area (Å²) in [7, 11) is 0. The molecule has 0 fully saturated rings. The highest BCUT2D eigenvalue weighted by Gasteiger charge is 2.05. The Hall–Kier alpha value is -0.860. The third-order valence-electron chi connectivity index (χ3n) is 3.39. The number of nitrogens with one attached hydrogen (secondary N) is 1. The van der Waals surface area contributed by atoms with Crippen LogP contribution in [0.5, 0.6) is 0 Å². The van der Waals surface area contributed by atoms with E-state index in [0.29, 0.717) is 18.6 Å². The fourth-order valence-corrected chi connectivity index (χ4v) is 2.08. The Morgan fingerprint density at radius 3 is 2.67 bits per heavy atom. The van der Waals surface area contributed by atoms with Crippen LogP contribution in [0.4, 0.5) is 0 Å². The van der Waals surface area contributed by atoms with E-state index in [2.05, 4.69) is 50.4 Å². The van der Waals surface area contributed by atoms with Gasteiger partial charge in [-0.1, -0.05) is 36.8 Å². The van der Waals surface area contributed by atoms with Gasteiger partial charge in [-0.25, -0.2) is 0 Å². The maximum absolute atomic E-state index is 8.85. The van der Waals surface area contributed by atoms with E-state index in [1.54, 1.807) is 0 Å². The smallest absolute Gasteiger partial charge is 0.0434 e. The molecule has 1 aromatic rings. The summed E-state index contributed by atoms with van der Waals surface area (Å²) in [6.45, 7) is 7.84. The summed E-state index contributed by atoms with van der Waals surface area (Å²) in [5, 5.41) is 12.4. The van der Waals surface area contributed by atoms with E-state index in [1.807, 2.05) is 0 Å². The standard InChI is InChI=1S/C16H27NO/c1-13-5-4-6-16(11-13)8-7-15(3)17-12-14(2)9-10-18/h4-6,11,14-15,17-18H,7-10,12H2,1-3H3. The lowest BCUT2D eigenvalue weighted by Crippen LogP contribution is -2.31. The molecule has 1 rings (SSSR count). The van der Waals surface area contributed by atoms with Crippen molar-refractivity contribution in [3.05, 3.63) is 35.4 Å². The van der Waals surface area contributed by atoms with Crippen molar-refractivity contribution in [3.8, 4) is 0 Å². The van der Waals surface area contributed by atoms with Gasteiger partial charge in [-0.15, -0.1) is 0 Å². The first-order valence-electron chi connectivity index (χ1n) is 7.01. The maximum atomic E-state index is 8.85. The highest BCUT2D eigenvalue weighted by Crippen LogP contribution is 2.08. The van der Waals surface area contributed by atoms with Gasteiger partial charge in [-0.05, 0) is 51.1 Å². The molecule has 0 aliphatic carbocycles. The fourth-order valence-electron chi connectivity index (χ4n) is 2.08. The van der Waals surface area contributed by atoms with Crippen LogP contribution >= 0.6 is 0 Å². The van der Waals surface area contributed by atoms with Gasteiger partial charge in [-0.3, -0.25) is 0 Å². The molecule has 0 heterocycles. The monoisotopic (exact) mass is 249 g/mol. The molecule has 0 bridgehead atoms. The normalized spacial score (nSPS) is 14.4. The van der Waals surface area contributed by atoms with Crippen molar-refractivity contribution < 1.29 is 5.11 Å². The second-order valence-electron chi connectivity index (χ2n) is 5.45. The van der Waals surface area contributed by atoms with Crippen molar-refractivity contribution >= 4 is 0 Å². The van der Waals surface area contributed by atoms with Crippen LogP contribution in [0, 0.1) is 12.8 Å². The van der Waals surface area contributed by atoms with E-state index < -0.39 is 0 Å². The van der Waals surface area contributed by atoms with Crippen molar-refractivity contribution in [2.75, 3.05) is 13.2 Å². The van der Waals surface area contributed by atoms with Crippen LogP contribution < -0.4 is 5.32 Å². The third kappa shape index (κ3) is 6.18. The Bertz CT molecular complexity index is 338. The van der Waals surface area contributed by atoms with E-state index in [4.69, 9.17) is 5.11 Å². The molecule has 1 aromatic carbocycles. The number of aliphatic hydroxyl groups excluding tert-OH is 1. The zero-order valence-corrected chi connectivity index (χ0v) is 11.9. The summed E-state index contributed by atoms with van der Waals surface area (Å²) in [6.07, 6.45) is 3.18. The largest absolute Gasteiger partial charge is 0.396 e. The average Bonchev–Trinajstić information content (AvgIpc) is 2.34. The first kappa shape index (κ1) is 15.2. The molecule has 2 unspecified atom stereocenters. The van der Waals surface area contributed by atoms with E-state index in [-0.39, 0.29) is 0 Å². The van der Waals surface area contributed by atoms with Crippen molar-refractivity contribution in [3.63, 3.8) is 0 Å². The quantitative estimate of drug-likeness (QED) is 0.742. The van der Waals surface area contributed by atoms with Crippen LogP contribution in [0.1, 0.15) is 37.8 Å². The van der Waals surface area contributed by atoms with E-state index in [9.17, 15) is 0 Å². The number of aryl methyl sites for hydroxylation is 2. The topological polar surface area (TPSA) is 32.3 Å². The Morgan fingerprint density at radius 2 is 2.00 bits per heavy atom. The summed E-state index contributed by atoms with van der Waals surface area (Å²) in [4.78, 5) is 0. The molecule has 0 saturated heterocycles. The lowest BCUT2D eigenvalue weighted by Gasteiger charge is -2.17. The predicted molar refractivity (Wildman–Crippen MR) is 77.8 cm³/mol. The molecule has 2 heteroatoms. The molecular weight excluding hydrogens is 222 g/mol. The summed E-state index contributed by atoms with van der Waals surface area (Å²) in [6, 6.07) is 9.27. The molecule has 0 aliphatic rings. The minimum Gasteiger partial charge on any atom is -0.396 e. The van der Waals surface area contributed by atoms with Crippen LogP contribution in [0.15, 0.2) is 24.3 Å². The van der Waals surface area contributed by atoms with Gasteiger partial charge in [0.15, 0.2) is 0 Å². The van der Waals surface area contributed by atoms with Gasteiger partial charge in [0.1, 0.15) is 0 Å². The first-order chi connectivity index (χ1) is 8.61. The minimum absolute atomic E-state index is 0.292. The Morgan fingerprint density at radius 1 is 1.22 bits per heavy atom. The molecule has 0 amide bonds. The number of hydrogen-bond donors (Lipinski definition) is 2. The number of benzene rings is 1. The number of hydrogen-bond acceptors (Lipinski definition) is 2. The van der Waals surface area contributed by atoms with Crippen LogP contribution in [0.25, 0.3) is 0 Å². The van der Waals surface area contributed by atoms with Gasteiger partial charge < -0.3 is 10.4 Å². The predicted octanol–water partition coefficient (Wildman–Crippen LogP) is 2.92. The average molecular weight is 249 g/mol. The molecule has 18 heavy (non-hydrogen) atoms. The Balaban J connectivity index is 2.22. The highest BCUT2D eigenvalue weighted by molar-refractivity contribution is 5.22. The zero-order valence-electron chi connectivity index (χ0n) is 11.9. The molecule has 0 aromatic heterocycles. The van der Waals surface area contributed by atoms with Gasteiger partial charge in [0, 0.05) is 12.6 Å². The lowest BCUT2D eigenvalue weighted by molar-refractivity contribution is 0.257. The number of aliphatic hydroxyl groups is 1. The van der Waals surface area contributed by atoms with Crippen molar-refractivity contribution in [2.24, 2.45) is 5.92 Å².